The first kappa shape index (κ1) is 17.3. The van der Waals surface area contributed by atoms with E-state index < -0.39 is 0 Å². The molecule has 5 heteroatoms. The minimum atomic E-state index is -0.239. The normalized spacial score (nSPS) is 12.7. The van der Waals surface area contributed by atoms with Gasteiger partial charge in [0.15, 0.2) is 0 Å². The predicted octanol–water partition coefficient (Wildman–Crippen LogP) is 4.55. The summed E-state index contributed by atoms with van der Waals surface area (Å²) in [5.74, 6) is 1.18. The highest BCUT2D eigenvalue weighted by molar-refractivity contribution is 5.32. The highest BCUT2D eigenvalue weighted by Gasteiger charge is 2.21. The lowest BCUT2D eigenvalue weighted by Gasteiger charge is -2.28. The molecule has 0 bridgehead atoms. The Balaban J connectivity index is 1.89. The summed E-state index contributed by atoms with van der Waals surface area (Å²) in [6.45, 7) is 4.55. The molecule has 130 valence electrons. The van der Waals surface area contributed by atoms with Gasteiger partial charge < -0.3 is 4.42 Å². The fourth-order valence-electron chi connectivity index (χ4n) is 2.85. The van der Waals surface area contributed by atoms with Crippen molar-refractivity contribution in [2.24, 2.45) is 0 Å². The summed E-state index contributed by atoms with van der Waals surface area (Å²) in [5, 5.41) is 8.24. The van der Waals surface area contributed by atoms with Crippen LogP contribution in [0.25, 0.3) is 0 Å². The Morgan fingerprint density at radius 2 is 1.60 bits per heavy atom. The standard InChI is InChI=1S/C20H22FN3O/c1-14(2)20-23-22-18(25-20)13-24(3)19(15-7-5-4-6-8-15)16-9-11-17(21)12-10-16/h4-12,14,19H,13H2,1-3H3/t19-/m0/s1. The van der Waals surface area contributed by atoms with Crippen molar-refractivity contribution in [1.29, 1.82) is 0 Å². The summed E-state index contributed by atoms with van der Waals surface area (Å²) in [4.78, 5) is 2.13. The zero-order chi connectivity index (χ0) is 17.8. The monoisotopic (exact) mass is 339 g/mol. The van der Waals surface area contributed by atoms with E-state index in [0.717, 1.165) is 11.1 Å². The van der Waals surface area contributed by atoms with Crippen LogP contribution in [0, 0.1) is 5.82 Å². The Labute approximate surface area is 147 Å². The van der Waals surface area contributed by atoms with E-state index in [1.165, 1.54) is 12.1 Å². The number of halogens is 1. The highest BCUT2D eigenvalue weighted by Crippen LogP contribution is 2.29. The summed E-state index contributed by atoms with van der Waals surface area (Å²) in [5.41, 5.74) is 2.14. The molecule has 2 aromatic carbocycles. The Hall–Kier alpha value is -2.53. The number of rotatable bonds is 6. The van der Waals surface area contributed by atoms with Gasteiger partial charge in [-0.05, 0) is 30.3 Å². The van der Waals surface area contributed by atoms with Crippen molar-refractivity contribution in [3.8, 4) is 0 Å². The largest absolute Gasteiger partial charge is 0.424 e. The van der Waals surface area contributed by atoms with Crippen molar-refractivity contribution < 1.29 is 8.81 Å². The van der Waals surface area contributed by atoms with Crippen LogP contribution in [0.2, 0.25) is 0 Å². The molecule has 1 aromatic heterocycles. The third-order valence-corrected chi connectivity index (χ3v) is 4.10. The van der Waals surface area contributed by atoms with Crippen LogP contribution in [-0.4, -0.2) is 22.1 Å². The van der Waals surface area contributed by atoms with Crippen molar-refractivity contribution in [3.05, 3.63) is 83.3 Å². The van der Waals surface area contributed by atoms with Gasteiger partial charge in [-0.2, -0.15) is 0 Å². The molecule has 3 rings (SSSR count). The van der Waals surface area contributed by atoms with Crippen LogP contribution < -0.4 is 0 Å². The van der Waals surface area contributed by atoms with Crippen molar-refractivity contribution in [1.82, 2.24) is 15.1 Å². The lowest BCUT2D eigenvalue weighted by atomic mass is 9.97. The molecule has 0 amide bonds. The zero-order valence-corrected chi connectivity index (χ0v) is 14.7. The van der Waals surface area contributed by atoms with Crippen molar-refractivity contribution in [2.45, 2.75) is 32.4 Å². The van der Waals surface area contributed by atoms with Crippen molar-refractivity contribution >= 4 is 0 Å². The van der Waals surface area contributed by atoms with Crippen LogP contribution in [0.15, 0.2) is 59.0 Å². The molecule has 0 saturated carbocycles. The molecule has 0 unspecified atom stereocenters. The van der Waals surface area contributed by atoms with Crippen molar-refractivity contribution in [3.63, 3.8) is 0 Å². The number of benzene rings is 2. The maximum atomic E-state index is 13.3. The molecule has 0 fully saturated rings. The van der Waals surface area contributed by atoms with E-state index in [1.807, 2.05) is 51.2 Å². The first-order valence-electron chi connectivity index (χ1n) is 8.37. The third kappa shape index (κ3) is 4.12. The minimum absolute atomic E-state index is 0.0313. The Morgan fingerprint density at radius 1 is 0.960 bits per heavy atom. The van der Waals surface area contributed by atoms with E-state index in [9.17, 15) is 4.39 Å². The average Bonchev–Trinajstić information content (AvgIpc) is 3.07. The molecule has 1 atom stereocenters. The molecule has 25 heavy (non-hydrogen) atoms. The summed E-state index contributed by atoms with van der Waals surface area (Å²) in [6, 6.07) is 16.7. The van der Waals surface area contributed by atoms with Gasteiger partial charge >= 0.3 is 0 Å². The second-order valence-electron chi connectivity index (χ2n) is 6.47. The molecule has 1 heterocycles. The summed E-state index contributed by atoms with van der Waals surface area (Å²) in [6.07, 6.45) is 0. The predicted molar refractivity (Wildman–Crippen MR) is 94.5 cm³/mol. The van der Waals surface area contributed by atoms with Crippen LogP contribution in [0.4, 0.5) is 4.39 Å². The van der Waals surface area contributed by atoms with Crippen LogP contribution in [0.3, 0.4) is 0 Å². The number of nitrogens with zero attached hydrogens (tertiary/aromatic N) is 3. The molecule has 0 aliphatic rings. The number of aromatic nitrogens is 2. The summed E-state index contributed by atoms with van der Waals surface area (Å²) < 4.78 is 19.1. The van der Waals surface area contributed by atoms with E-state index in [2.05, 4.69) is 27.2 Å². The smallest absolute Gasteiger partial charge is 0.230 e. The second kappa shape index (κ2) is 7.57. The maximum Gasteiger partial charge on any atom is 0.230 e. The molecular weight excluding hydrogens is 317 g/mol. The quantitative estimate of drug-likeness (QED) is 0.660. The fraction of sp³-hybridized carbons (Fsp3) is 0.300. The highest BCUT2D eigenvalue weighted by atomic mass is 19.1. The van der Waals surface area contributed by atoms with Gasteiger partial charge in [0.1, 0.15) is 5.82 Å². The molecule has 0 aliphatic carbocycles. The summed E-state index contributed by atoms with van der Waals surface area (Å²) >= 11 is 0. The lowest BCUT2D eigenvalue weighted by Crippen LogP contribution is -2.25. The summed E-state index contributed by atoms with van der Waals surface area (Å²) in [7, 11) is 2.00. The van der Waals surface area contributed by atoms with Gasteiger partial charge in [0.25, 0.3) is 0 Å². The van der Waals surface area contributed by atoms with E-state index in [0.29, 0.717) is 18.3 Å². The minimum Gasteiger partial charge on any atom is -0.424 e. The molecule has 0 radical (unpaired) electrons. The van der Waals surface area contributed by atoms with Gasteiger partial charge in [0.2, 0.25) is 11.8 Å². The van der Waals surface area contributed by atoms with Gasteiger partial charge in [0.05, 0.1) is 12.6 Å². The number of hydrogen-bond acceptors (Lipinski definition) is 4. The van der Waals surface area contributed by atoms with Gasteiger partial charge in [-0.25, -0.2) is 4.39 Å². The van der Waals surface area contributed by atoms with Gasteiger partial charge in [-0.15, -0.1) is 10.2 Å². The fourth-order valence-corrected chi connectivity index (χ4v) is 2.85. The Morgan fingerprint density at radius 3 is 2.20 bits per heavy atom. The zero-order valence-electron chi connectivity index (χ0n) is 14.7. The van der Waals surface area contributed by atoms with Crippen LogP contribution in [0.1, 0.15) is 48.7 Å². The topological polar surface area (TPSA) is 42.2 Å². The van der Waals surface area contributed by atoms with E-state index in [4.69, 9.17) is 4.42 Å². The van der Waals surface area contributed by atoms with Gasteiger partial charge in [-0.1, -0.05) is 56.3 Å². The third-order valence-electron chi connectivity index (χ3n) is 4.10. The van der Waals surface area contributed by atoms with Crippen LogP contribution in [-0.2, 0) is 6.54 Å². The van der Waals surface area contributed by atoms with Crippen LogP contribution in [0.5, 0.6) is 0 Å². The van der Waals surface area contributed by atoms with Crippen molar-refractivity contribution in [2.75, 3.05) is 7.05 Å². The molecule has 4 nitrogen and oxygen atoms in total. The molecule has 0 aliphatic heterocycles. The van der Waals surface area contributed by atoms with Gasteiger partial charge in [-0.3, -0.25) is 4.90 Å². The van der Waals surface area contributed by atoms with E-state index in [1.54, 1.807) is 0 Å². The SMILES string of the molecule is CC(C)c1nnc(CN(C)[C@@H](c2ccccc2)c2ccc(F)cc2)o1. The lowest BCUT2D eigenvalue weighted by molar-refractivity contribution is 0.239. The Kier molecular flexibility index (Phi) is 5.24. The molecule has 3 aromatic rings. The molecule has 0 spiro atoms. The van der Waals surface area contributed by atoms with E-state index in [-0.39, 0.29) is 17.8 Å². The first-order chi connectivity index (χ1) is 12.0. The second-order valence-corrected chi connectivity index (χ2v) is 6.47. The van der Waals surface area contributed by atoms with Crippen LogP contribution >= 0.6 is 0 Å². The Bertz CT molecular complexity index is 799. The molecule has 0 saturated heterocycles. The number of hydrogen-bond donors (Lipinski definition) is 0. The first-order valence-corrected chi connectivity index (χ1v) is 8.37. The van der Waals surface area contributed by atoms with Gasteiger partial charge in [0, 0.05) is 5.92 Å². The molecular formula is C20H22FN3O. The van der Waals surface area contributed by atoms with E-state index >= 15 is 0 Å². The molecule has 0 N–H and O–H groups in total. The average molecular weight is 339 g/mol. The maximum absolute atomic E-state index is 13.3.